The number of carbonyl (C=O) groups is 1. The fourth-order valence-electron chi connectivity index (χ4n) is 1.48. The smallest absolute Gasteiger partial charge is 0.214 e. The summed E-state index contributed by atoms with van der Waals surface area (Å²) in [6.07, 6.45) is 5.23. The molecule has 2 rings (SSSR count). The van der Waals surface area contributed by atoms with Crippen LogP contribution < -0.4 is 0 Å². The lowest BCUT2D eigenvalue weighted by Crippen LogP contribution is -2.08. The van der Waals surface area contributed by atoms with Gasteiger partial charge < -0.3 is 0 Å². The zero-order valence-electron chi connectivity index (χ0n) is 9.21. The lowest BCUT2D eigenvalue weighted by Gasteiger charge is -1.99. The van der Waals surface area contributed by atoms with Gasteiger partial charge in [0.2, 0.25) is 5.78 Å². The number of carbonyl (C=O) groups excluding carboxylic acids is 1. The maximum absolute atomic E-state index is 12.1. The first-order valence-electron chi connectivity index (χ1n) is 5.05. The van der Waals surface area contributed by atoms with E-state index in [4.69, 9.17) is 0 Å². The summed E-state index contributed by atoms with van der Waals surface area (Å²) in [5.41, 5.74) is 1.95. The van der Waals surface area contributed by atoms with E-state index in [1.54, 1.807) is 17.8 Å². The van der Waals surface area contributed by atoms with Gasteiger partial charge in [-0.2, -0.15) is 5.10 Å². The fourth-order valence-corrected chi connectivity index (χ4v) is 1.48. The average Bonchev–Trinajstić information content (AvgIpc) is 2.71. The molecule has 0 saturated heterocycles. The monoisotopic (exact) mass is 216 g/mol. The van der Waals surface area contributed by atoms with Crippen LogP contribution in [-0.4, -0.2) is 25.5 Å². The fraction of sp³-hybridized carbons (Fsp3) is 0.273. The standard InChI is InChI=1S/C11H12N4O/c1-3-9-4-10(15(2)14-9)11(16)8-5-12-7-13-6-8/h4-7H,3H2,1-2H3. The number of rotatable bonds is 3. The van der Waals surface area contributed by atoms with E-state index >= 15 is 0 Å². The Labute approximate surface area is 93.2 Å². The summed E-state index contributed by atoms with van der Waals surface area (Å²) in [5.74, 6) is -0.102. The van der Waals surface area contributed by atoms with Crippen LogP contribution in [-0.2, 0) is 13.5 Å². The van der Waals surface area contributed by atoms with Crippen LogP contribution in [0.5, 0.6) is 0 Å². The molecule has 0 amide bonds. The quantitative estimate of drug-likeness (QED) is 0.718. The highest BCUT2D eigenvalue weighted by Gasteiger charge is 2.14. The van der Waals surface area contributed by atoms with Gasteiger partial charge in [0.15, 0.2) is 0 Å². The molecule has 0 atom stereocenters. The van der Waals surface area contributed by atoms with Crippen LogP contribution in [0.15, 0.2) is 24.8 Å². The Kier molecular flexibility index (Phi) is 2.76. The van der Waals surface area contributed by atoms with Crippen molar-refractivity contribution in [3.8, 4) is 0 Å². The van der Waals surface area contributed by atoms with Gasteiger partial charge in [-0.1, -0.05) is 6.92 Å². The predicted octanol–water partition coefficient (Wildman–Crippen LogP) is 1.00. The van der Waals surface area contributed by atoms with Crippen molar-refractivity contribution in [3.63, 3.8) is 0 Å². The third kappa shape index (κ3) is 1.84. The van der Waals surface area contributed by atoms with E-state index in [9.17, 15) is 4.79 Å². The molecule has 0 fully saturated rings. The Balaban J connectivity index is 2.38. The van der Waals surface area contributed by atoms with Gasteiger partial charge >= 0.3 is 0 Å². The highest BCUT2D eigenvalue weighted by Crippen LogP contribution is 2.09. The minimum absolute atomic E-state index is 0.102. The van der Waals surface area contributed by atoms with Crippen LogP contribution in [0.25, 0.3) is 0 Å². The maximum Gasteiger partial charge on any atom is 0.214 e. The Morgan fingerprint density at radius 3 is 2.62 bits per heavy atom. The second kappa shape index (κ2) is 4.22. The van der Waals surface area contributed by atoms with Crippen LogP contribution in [0.4, 0.5) is 0 Å². The van der Waals surface area contributed by atoms with E-state index in [0.717, 1.165) is 12.1 Å². The van der Waals surface area contributed by atoms with E-state index < -0.39 is 0 Å². The second-order valence-electron chi connectivity index (χ2n) is 3.45. The minimum atomic E-state index is -0.102. The van der Waals surface area contributed by atoms with Gasteiger partial charge in [0.1, 0.15) is 12.0 Å². The normalized spacial score (nSPS) is 10.4. The van der Waals surface area contributed by atoms with Crippen LogP contribution in [0, 0.1) is 0 Å². The molecule has 0 spiro atoms. The lowest BCUT2D eigenvalue weighted by molar-refractivity contribution is 0.102. The van der Waals surface area contributed by atoms with Crippen LogP contribution >= 0.6 is 0 Å². The summed E-state index contributed by atoms with van der Waals surface area (Å²) in [5, 5.41) is 4.23. The van der Waals surface area contributed by atoms with Crippen molar-refractivity contribution < 1.29 is 4.79 Å². The molecule has 2 heterocycles. The molecule has 0 aliphatic rings. The van der Waals surface area contributed by atoms with Gasteiger partial charge in [-0.05, 0) is 12.5 Å². The van der Waals surface area contributed by atoms with Crippen LogP contribution in [0.2, 0.25) is 0 Å². The van der Waals surface area contributed by atoms with Crippen molar-refractivity contribution >= 4 is 5.78 Å². The number of aromatic nitrogens is 4. The van der Waals surface area contributed by atoms with Crippen molar-refractivity contribution in [2.45, 2.75) is 13.3 Å². The number of nitrogens with zero attached hydrogens (tertiary/aromatic N) is 4. The molecule has 2 aromatic heterocycles. The Bertz CT molecular complexity index is 504. The van der Waals surface area contributed by atoms with Crippen molar-refractivity contribution in [1.29, 1.82) is 0 Å². The summed E-state index contributed by atoms with van der Waals surface area (Å²) in [7, 11) is 1.76. The molecule has 2 aromatic rings. The van der Waals surface area contributed by atoms with E-state index in [1.165, 1.54) is 18.7 Å². The average molecular weight is 216 g/mol. The van der Waals surface area contributed by atoms with Crippen LogP contribution in [0.3, 0.4) is 0 Å². The van der Waals surface area contributed by atoms with E-state index in [-0.39, 0.29) is 5.78 Å². The number of ketones is 1. The molecule has 0 saturated carbocycles. The van der Waals surface area contributed by atoms with E-state index in [2.05, 4.69) is 15.1 Å². The van der Waals surface area contributed by atoms with Gasteiger partial charge in [-0.3, -0.25) is 9.48 Å². The molecule has 82 valence electrons. The lowest BCUT2D eigenvalue weighted by atomic mass is 10.1. The zero-order valence-corrected chi connectivity index (χ0v) is 9.21. The summed E-state index contributed by atoms with van der Waals surface area (Å²) in [6, 6.07) is 1.80. The topological polar surface area (TPSA) is 60.7 Å². The van der Waals surface area contributed by atoms with Gasteiger partial charge in [0, 0.05) is 19.4 Å². The Morgan fingerprint density at radius 2 is 2.06 bits per heavy atom. The highest BCUT2D eigenvalue weighted by atomic mass is 16.1. The SMILES string of the molecule is CCc1cc(C(=O)c2cncnc2)n(C)n1. The maximum atomic E-state index is 12.1. The van der Waals surface area contributed by atoms with Crippen molar-refractivity contribution in [2.24, 2.45) is 7.05 Å². The molecule has 0 unspecified atom stereocenters. The van der Waals surface area contributed by atoms with Gasteiger partial charge in [0.25, 0.3) is 0 Å². The first kappa shape index (κ1) is 10.5. The first-order chi connectivity index (χ1) is 7.72. The number of aryl methyl sites for hydroxylation is 2. The van der Waals surface area contributed by atoms with Gasteiger partial charge in [-0.15, -0.1) is 0 Å². The number of hydrogen-bond acceptors (Lipinski definition) is 4. The molecule has 16 heavy (non-hydrogen) atoms. The molecule has 0 aromatic carbocycles. The third-order valence-electron chi connectivity index (χ3n) is 2.35. The second-order valence-corrected chi connectivity index (χ2v) is 3.45. The summed E-state index contributed by atoms with van der Waals surface area (Å²) in [4.78, 5) is 19.7. The molecule has 0 N–H and O–H groups in total. The predicted molar refractivity (Wildman–Crippen MR) is 58.1 cm³/mol. The van der Waals surface area contributed by atoms with Crippen molar-refractivity contribution in [2.75, 3.05) is 0 Å². The van der Waals surface area contributed by atoms with Crippen LogP contribution in [0.1, 0.15) is 28.7 Å². The molecule has 5 nitrogen and oxygen atoms in total. The van der Waals surface area contributed by atoms with Gasteiger partial charge in [-0.25, -0.2) is 9.97 Å². The van der Waals surface area contributed by atoms with E-state index in [0.29, 0.717) is 11.3 Å². The van der Waals surface area contributed by atoms with Gasteiger partial charge in [0.05, 0.1) is 11.3 Å². The van der Waals surface area contributed by atoms with E-state index in [1.807, 2.05) is 6.92 Å². The molecule has 0 aliphatic carbocycles. The first-order valence-corrected chi connectivity index (χ1v) is 5.05. The molecule has 0 aliphatic heterocycles. The summed E-state index contributed by atoms with van der Waals surface area (Å²) in [6.45, 7) is 2.00. The summed E-state index contributed by atoms with van der Waals surface area (Å²) >= 11 is 0. The third-order valence-corrected chi connectivity index (χ3v) is 2.35. The minimum Gasteiger partial charge on any atom is -0.287 e. The summed E-state index contributed by atoms with van der Waals surface area (Å²) < 4.78 is 1.59. The van der Waals surface area contributed by atoms with Crippen molar-refractivity contribution in [1.82, 2.24) is 19.7 Å². The molecule has 5 heteroatoms. The molecular formula is C11H12N4O. The largest absolute Gasteiger partial charge is 0.287 e. The molecule has 0 bridgehead atoms. The molecule has 0 radical (unpaired) electrons. The number of hydrogen-bond donors (Lipinski definition) is 0. The Hall–Kier alpha value is -2.04. The Morgan fingerprint density at radius 1 is 1.38 bits per heavy atom. The molecular weight excluding hydrogens is 204 g/mol. The van der Waals surface area contributed by atoms with Crippen molar-refractivity contribution in [3.05, 3.63) is 41.7 Å². The highest BCUT2D eigenvalue weighted by molar-refractivity contribution is 6.07. The zero-order chi connectivity index (χ0) is 11.5.